The highest BCUT2D eigenvalue weighted by molar-refractivity contribution is 6.03. The fourth-order valence-corrected chi connectivity index (χ4v) is 5.28. The van der Waals surface area contributed by atoms with Crippen molar-refractivity contribution in [2.24, 2.45) is 0 Å². The molecule has 5 aromatic rings. The smallest absolute Gasteiger partial charge is 0.280 e. The second kappa shape index (κ2) is 12.7. The molecule has 45 heavy (non-hydrogen) atoms. The van der Waals surface area contributed by atoms with Gasteiger partial charge in [0, 0.05) is 60.4 Å². The molecule has 0 atom stereocenters. The molecule has 0 saturated carbocycles. The number of hydrogen-bond acceptors (Lipinski definition) is 8. The fourth-order valence-electron chi connectivity index (χ4n) is 5.28. The van der Waals surface area contributed by atoms with E-state index in [4.69, 9.17) is 18.9 Å². The Labute approximate surface area is 258 Å². The van der Waals surface area contributed by atoms with E-state index < -0.39 is 17.2 Å². The molecular formula is C34H31FN4O6. The molecule has 0 unspecified atom stereocenters. The molecule has 11 heteroatoms. The Morgan fingerprint density at radius 2 is 1.71 bits per heavy atom. The van der Waals surface area contributed by atoms with Crippen molar-refractivity contribution < 1.29 is 28.1 Å². The Morgan fingerprint density at radius 3 is 2.44 bits per heavy atom. The molecule has 0 spiro atoms. The Morgan fingerprint density at radius 1 is 0.978 bits per heavy atom. The number of amides is 1. The van der Waals surface area contributed by atoms with E-state index in [0.717, 1.165) is 11.6 Å². The molecule has 1 aliphatic rings. The normalized spacial score (nSPS) is 13.4. The first-order valence-electron chi connectivity index (χ1n) is 14.4. The van der Waals surface area contributed by atoms with Crippen LogP contribution in [0.15, 0.2) is 77.9 Å². The van der Waals surface area contributed by atoms with Gasteiger partial charge in [0.25, 0.3) is 5.91 Å². The minimum atomic E-state index is -0.766. The average Bonchev–Trinajstić information content (AvgIpc) is 3.05. The molecule has 1 aliphatic heterocycles. The number of hydrogen-bond donors (Lipinski definition) is 1. The van der Waals surface area contributed by atoms with Gasteiger partial charge in [-0.2, -0.15) is 5.10 Å². The number of nitrogens with zero attached hydrogens (tertiary/aromatic N) is 3. The Kier molecular flexibility index (Phi) is 8.43. The van der Waals surface area contributed by atoms with Crippen molar-refractivity contribution in [1.82, 2.24) is 14.8 Å². The first-order valence-corrected chi connectivity index (χ1v) is 14.4. The molecule has 1 fully saturated rings. The molecule has 0 bridgehead atoms. The van der Waals surface area contributed by atoms with E-state index in [-0.39, 0.29) is 23.2 Å². The molecule has 0 aliphatic carbocycles. The number of carbonyl (C=O) groups is 1. The van der Waals surface area contributed by atoms with Crippen LogP contribution in [0.5, 0.6) is 23.0 Å². The summed E-state index contributed by atoms with van der Waals surface area (Å²) < 4.78 is 38.9. The molecule has 1 saturated heterocycles. The van der Waals surface area contributed by atoms with E-state index in [1.807, 2.05) is 31.2 Å². The highest BCUT2D eigenvalue weighted by Crippen LogP contribution is 2.37. The largest absolute Gasteiger partial charge is 0.493 e. The van der Waals surface area contributed by atoms with Gasteiger partial charge in [-0.15, -0.1) is 0 Å². The average molecular weight is 611 g/mol. The lowest BCUT2D eigenvalue weighted by Crippen LogP contribution is -2.30. The fraction of sp³-hybridized carbons (Fsp3) is 0.235. The number of carbonyl (C=O) groups excluding carboxylic acids is 1. The maximum absolute atomic E-state index is 14.8. The highest BCUT2D eigenvalue weighted by atomic mass is 19.1. The van der Waals surface area contributed by atoms with Gasteiger partial charge in [-0.25, -0.2) is 4.39 Å². The van der Waals surface area contributed by atoms with E-state index in [0.29, 0.717) is 65.3 Å². The molecule has 3 aromatic carbocycles. The molecule has 1 N–H and O–H groups in total. The van der Waals surface area contributed by atoms with E-state index in [1.165, 1.54) is 26.4 Å². The van der Waals surface area contributed by atoms with Gasteiger partial charge in [-0.3, -0.25) is 19.3 Å². The summed E-state index contributed by atoms with van der Waals surface area (Å²) in [6.07, 6.45) is 4.63. The molecule has 10 nitrogen and oxygen atoms in total. The summed E-state index contributed by atoms with van der Waals surface area (Å²) in [6.45, 7) is 3.07. The van der Waals surface area contributed by atoms with Crippen molar-refractivity contribution in [3.63, 3.8) is 0 Å². The van der Waals surface area contributed by atoms with Gasteiger partial charge in [0.15, 0.2) is 17.2 Å². The number of fused-ring (bicyclic) bond motifs is 1. The van der Waals surface area contributed by atoms with E-state index in [1.54, 1.807) is 35.3 Å². The van der Waals surface area contributed by atoms with Crippen LogP contribution in [0.1, 0.15) is 34.9 Å². The SMILES string of the molecule is COc1cc2nccc(Oc3cc(F)cc(NC(=O)c4nn(C5CCOCC5)cc(-c5ccc(C)cc5)c4=O)c3)c2cc1OC. The van der Waals surface area contributed by atoms with Gasteiger partial charge in [0.05, 0.1) is 25.8 Å². The first kappa shape index (κ1) is 29.8. The number of rotatable bonds is 8. The van der Waals surface area contributed by atoms with Crippen LogP contribution in [0.2, 0.25) is 0 Å². The van der Waals surface area contributed by atoms with Crippen molar-refractivity contribution in [2.45, 2.75) is 25.8 Å². The number of methoxy groups -OCH3 is 2. The summed E-state index contributed by atoms with van der Waals surface area (Å²) in [4.78, 5) is 31.6. The van der Waals surface area contributed by atoms with Crippen molar-refractivity contribution in [3.8, 4) is 34.1 Å². The third-order valence-corrected chi connectivity index (χ3v) is 7.64. The number of ether oxygens (including phenoxy) is 4. The third-order valence-electron chi connectivity index (χ3n) is 7.64. The van der Waals surface area contributed by atoms with Crippen molar-refractivity contribution in [3.05, 3.63) is 100 Å². The first-order chi connectivity index (χ1) is 21.8. The third kappa shape index (κ3) is 6.34. The molecule has 3 heterocycles. The zero-order valence-corrected chi connectivity index (χ0v) is 25.0. The number of anilines is 1. The minimum Gasteiger partial charge on any atom is -0.493 e. The molecular weight excluding hydrogens is 579 g/mol. The molecule has 230 valence electrons. The van der Waals surface area contributed by atoms with Crippen LogP contribution in [-0.2, 0) is 4.74 Å². The maximum atomic E-state index is 14.8. The Hall–Kier alpha value is -5.29. The lowest BCUT2D eigenvalue weighted by Gasteiger charge is -2.24. The van der Waals surface area contributed by atoms with Crippen LogP contribution < -0.4 is 25.0 Å². The monoisotopic (exact) mass is 610 g/mol. The van der Waals surface area contributed by atoms with Gasteiger partial charge in [-0.1, -0.05) is 29.8 Å². The van der Waals surface area contributed by atoms with E-state index in [2.05, 4.69) is 15.4 Å². The van der Waals surface area contributed by atoms with Crippen LogP contribution in [-0.4, -0.2) is 48.1 Å². The predicted molar refractivity (Wildman–Crippen MR) is 167 cm³/mol. The van der Waals surface area contributed by atoms with Gasteiger partial charge in [0.1, 0.15) is 17.3 Å². The van der Waals surface area contributed by atoms with E-state index in [9.17, 15) is 14.0 Å². The van der Waals surface area contributed by atoms with Crippen LogP contribution in [0.25, 0.3) is 22.0 Å². The summed E-state index contributed by atoms with van der Waals surface area (Å²) in [5.41, 5.74) is 1.90. The number of halogens is 1. The summed E-state index contributed by atoms with van der Waals surface area (Å²) in [5, 5.41) is 7.71. The zero-order chi connectivity index (χ0) is 31.5. The molecule has 6 rings (SSSR count). The lowest BCUT2D eigenvalue weighted by atomic mass is 10.0. The number of nitrogens with one attached hydrogen (secondary N) is 1. The van der Waals surface area contributed by atoms with Crippen LogP contribution in [0.4, 0.5) is 10.1 Å². The second-order valence-corrected chi connectivity index (χ2v) is 10.7. The molecule has 0 radical (unpaired) electrons. The van der Waals surface area contributed by atoms with Crippen molar-refractivity contribution in [1.29, 1.82) is 0 Å². The predicted octanol–water partition coefficient (Wildman–Crippen LogP) is 6.32. The number of aromatic nitrogens is 3. The minimum absolute atomic E-state index is 0.0435. The van der Waals surface area contributed by atoms with Gasteiger partial charge < -0.3 is 24.3 Å². The molecule has 1 amide bonds. The quantitative estimate of drug-likeness (QED) is 0.217. The summed E-state index contributed by atoms with van der Waals surface area (Å²) in [6, 6.07) is 16.3. The summed E-state index contributed by atoms with van der Waals surface area (Å²) in [7, 11) is 3.05. The van der Waals surface area contributed by atoms with Crippen LogP contribution >= 0.6 is 0 Å². The van der Waals surface area contributed by atoms with Crippen LogP contribution in [0.3, 0.4) is 0 Å². The van der Waals surface area contributed by atoms with E-state index >= 15 is 0 Å². The summed E-state index contributed by atoms with van der Waals surface area (Å²) in [5.74, 6) is 0.0614. The maximum Gasteiger partial charge on any atom is 0.280 e. The highest BCUT2D eigenvalue weighted by Gasteiger charge is 2.23. The number of pyridine rings is 1. The second-order valence-electron chi connectivity index (χ2n) is 10.7. The lowest BCUT2D eigenvalue weighted by molar-refractivity contribution is 0.0655. The van der Waals surface area contributed by atoms with Gasteiger partial charge >= 0.3 is 0 Å². The number of aryl methyl sites for hydroxylation is 1. The van der Waals surface area contributed by atoms with Crippen molar-refractivity contribution >= 4 is 22.5 Å². The van der Waals surface area contributed by atoms with Crippen LogP contribution in [0, 0.1) is 12.7 Å². The topological polar surface area (TPSA) is 114 Å². The number of benzene rings is 3. The van der Waals surface area contributed by atoms with Crippen molar-refractivity contribution in [2.75, 3.05) is 32.8 Å². The standard InChI is InChI=1S/C34H31FN4O6/c1-20-4-6-21(7-5-20)27-19-39(24-9-12-44-13-10-24)38-32(33(27)40)34(41)37-23-14-22(35)15-25(16-23)45-29-8-11-36-28-18-31(43-3)30(42-2)17-26(28)29/h4-8,11,14-19,24H,9-10,12-13H2,1-3H3,(H,37,41). The van der Waals surface area contributed by atoms with Gasteiger partial charge in [-0.05, 0) is 43.5 Å². The Bertz CT molecular complexity index is 1940. The Balaban J connectivity index is 1.33. The van der Waals surface area contributed by atoms with Gasteiger partial charge in [0.2, 0.25) is 5.43 Å². The zero-order valence-electron chi connectivity index (χ0n) is 25.0. The summed E-state index contributed by atoms with van der Waals surface area (Å²) >= 11 is 0. The molecule has 2 aromatic heterocycles.